The van der Waals surface area contributed by atoms with Gasteiger partial charge in [-0.15, -0.1) is 0 Å². The predicted octanol–water partition coefficient (Wildman–Crippen LogP) is 4.53. The fraction of sp³-hybridized carbons (Fsp3) is 0.391. The summed E-state index contributed by atoms with van der Waals surface area (Å²) in [6, 6.07) is 15.0. The second kappa shape index (κ2) is 10.4. The maximum Gasteiger partial charge on any atom is 0.222 e. The fourth-order valence-corrected chi connectivity index (χ4v) is 4.39. The minimum Gasteiger partial charge on any atom is -0.381 e. The van der Waals surface area contributed by atoms with Gasteiger partial charge in [0.1, 0.15) is 0 Å². The van der Waals surface area contributed by atoms with Gasteiger partial charge in [-0.25, -0.2) is 0 Å². The third-order valence-electron chi connectivity index (χ3n) is 5.55. The highest BCUT2D eigenvalue weighted by Gasteiger charge is 2.35. The van der Waals surface area contributed by atoms with E-state index in [9.17, 15) is 9.59 Å². The zero-order valence-corrected chi connectivity index (χ0v) is 19.3. The summed E-state index contributed by atoms with van der Waals surface area (Å²) in [5, 5.41) is 6.58. The van der Waals surface area contributed by atoms with E-state index in [2.05, 4.69) is 38.7 Å². The van der Waals surface area contributed by atoms with Crippen LogP contribution in [0, 0.1) is 0 Å². The summed E-state index contributed by atoms with van der Waals surface area (Å²) in [5.41, 5.74) is 1.87. The fourth-order valence-electron chi connectivity index (χ4n) is 3.87. The van der Waals surface area contributed by atoms with Crippen LogP contribution in [-0.2, 0) is 19.7 Å². The van der Waals surface area contributed by atoms with Crippen LogP contribution < -0.4 is 10.6 Å². The maximum atomic E-state index is 12.8. The molecule has 1 unspecified atom stereocenters. The summed E-state index contributed by atoms with van der Waals surface area (Å²) >= 11 is 9.52. The first-order valence-corrected chi connectivity index (χ1v) is 11.2. The SMILES string of the molecule is CC(=O)NC(CC(=O)NCC1(c2cccc(Br)c2)CCOCC1)c1ccc(Cl)cc1. The lowest BCUT2D eigenvalue weighted by Gasteiger charge is -2.38. The monoisotopic (exact) mass is 492 g/mol. The predicted molar refractivity (Wildman–Crippen MR) is 122 cm³/mol. The van der Waals surface area contributed by atoms with Crippen LogP contribution in [0.4, 0.5) is 0 Å². The minimum atomic E-state index is -0.406. The van der Waals surface area contributed by atoms with Gasteiger partial charge in [-0.1, -0.05) is 51.8 Å². The van der Waals surface area contributed by atoms with Crippen molar-refractivity contribution in [3.8, 4) is 0 Å². The first-order valence-electron chi connectivity index (χ1n) is 10.0. The van der Waals surface area contributed by atoms with Crippen LogP contribution in [0.5, 0.6) is 0 Å². The Balaban J connectivity index is 1.71. The summed E-state index contributed by atoms with van der Waals surface area (Å²) < 4.78 is 6.60. The molecule has 2 N–H and O–H groups in total. The number of ether oxygens (including phenoxy) is 1. The molecule has 1 saturated heterocycles. The molecular formula is C23H26BrClN2O3. The van der Waals surface area contributed by atoms with Gasteiger partial charge in [0.05, 0.1) is 12.5 Å². The van der Waals surface area contributed by atoms with Crippen molar-refractivity contribution in [2.75, 3.05) is 19.8 Å². The molecule has 1 aliphatic rings. The van der Waals surface area contributed by atoms with E-state index in [1.807, 2.05) is 24.3 Å². The zero-order valence-electron chi connectivity index (χ0n) is 16.9. The van der Waals surface area contributed by atoms with Crippen LogP contribution in [0.15, 0.2) is 53.0 Å². The highest BCUT2D eigenvalue weighted by molar-refractivity contribution is 9.10. The summed E-state index contributed by atoms with van der Waals surface area (Å²) in [7, 11) is 0. The number of benzene rings is 2. The molecule has 0 radical (unpaired) electrons. The molecule has 30 heavy (non-hydrogen) atoms. The van der Waals surface area contributed by atoms with Crippen LogP contribution in [0.1, 0.15) is 43.4 Å². The summed E-state index contributed by atoms with van der Waals surface area (Å²) in [6.07, 6.45) is 1.85. The first kappa shape index (κ1) is 22.8. The molecule has 0 saturated carbocycles. The minimum absolute atomic E-state index is 0.107. The van der Waals surface area contributed by atoms with Crippen molar-refractivity contribution in [3.63, 3.8) is 0 Å². The normalized spacial score (nSPS) is 16.5. The van der Waals surface area contributed by atoms with Crippen LogP contribution in [0.2, 0.25) is 5.02 Å². The van der Waals surface area contributed by atoms with E-state index >= 15 is 0 Å². The highest BCUT2D eigenvalue weighted by atomic mass is 79.9. The van der Waals surface area contributed by atoms with Gasteiger partial charge in [0, 0.05) is 41.6 Å². The van der Waals surface area contributed by atoms with E-state index in [-0.39, 0.29) is 23.7 Å². The van der Waals surface area contributed by atoms with Gasteiger partial charge in [0.15, 0.2) is 0 Å². The molecule has 0 aromatic heterocycles. The summed E-state index contributed by atoms with van der Waals surface area (Å²) in [5.74, 6) is -0.289. The Hall–Kier alpha value is -1.89. The van der Waals surface area contributed by atoms with Gasteiger partial charge in [-0.2, -0.15) is 0 Å². The lowest BCUT2D eigenvalue weighted by molar-refractivity contribution is -0.123. The van der Waals surface area contributed by atoms with E-state index in [1.54, 1.807) is 12.1 Å². The molecule has 0 spiro atoms. The molecular weight excluding hydrogens is 468 g/mol. The van der Waals surface area contributed by atoms with Gasteiger partial charge in [-0.05, 0) is 48.2 Å². The van der Waals surface area contributed by atoms with E-state index in [4.69, 9.17) is 16.3 Å². The summed E-state index contributed by atoms with van der Waals surface area (Å²) in [6.45, 7) is 3.31. The van der Waals surface area contributed by atoms with Gasteiger partial charge in [-0.3, -0.25) is 9.59 Å². The second-order valence-electron chi connectivity index (χ2n) is 7.69. The van der Waals surface area contributed by atoms with E-state index in [0.29, 0.717) is 24.8 Å². The molecule has 0 aliphatic carbocycles. The average Bonchev–Trinajstić information content (AvgIpc) is 2.73. The van der Waals surface area contributed by atoms with Crippen LogP contribution in [-0.4, -0.2) is 31.6 Å². The highest BCUT2D eigenvalue weighted by Crippen LogP contribution is 2.35. The average molecular weight is 494 g/mol. The number of halogens is 2. The van der Waals surface area contributed by atoms with Crippen molar-refractivity contribution in [2.24, 2.45) is 0 Å². The number of hydrogen-bond donors (Lipinski definition) is 2. The Morgan fingerprint density at radius 3 is 2.50 bits per heavy atom. The van der Waals surface area contributed by atoms with Crippen molar-refractivity contribution in [1.82, 2.24) is 10.6 Å². The molecule has 2 aromatic rings. The number of carbonyl (C=O) groups excluding carboxylic acids is 2. The van der Waals surface area contributed by atoms with Crippen LogP contribution in [0.3, 0.4) is 0 Å². The second-order valence-corrected chi connectivity index (χ2v) is 9.04. The Morgan fingerprint density at radius 1 is 1.17 bits per heavy atom. The van der Waals surface area contributed by atoms with Gasteiger partial charge in [0.25, 0.3) is 0 Å². The third kappa shape index (κ3) is 6.06. The molecule has 5 nitrogen and oxygen atoms in total. The number of amides is 2. The number of hydrogen-bond acceptors (Lipinski definition) is 3. The Kier molecular flexibility index (Phi) is 7.92. The topological polar surface area (TPSA) is 67.4 Å². The molecule has 0 bridgehead atoms. The van der Waals surface area contributed by atoms with Crippen LogP contribution in [0.25, 0.3) is 0 Å². The Morgan fingerprint density at radius 2 is 1.87 bits per heavy atom. The van der Waals surface area contributed by atoms with Crippen molar-refractivity contribution in [1.29, 1.82) is 0 Å². The zero-order chi connectivity index (χ0) is 21.6. The molecule has 2 aromatic carbocycles. The molecule has 1 fully saturated rings. The van der Waals surface area contributed by atoms with E-state index in [1.165, 1.54) is 12.5 Å². The lowest BCUT2D eigenvalue weighted by Crippen LogP contribution is -2.45. The Labute approximate surface area is 190 Å². The van der Waals surface area contributed by atoms with Crippen molar-refractivity contribution in [3.05, 3.63) is 69.2 Å². The molecule has 160 valence electrons. The van der Waals surface area contributed by atoms with E-state index < -0.39 is 6.04 Å². The lowest BCUT2D eigenvalue weighted by atomic mass is 9.74. The van der Waals surface area contributed by atoms with Gasteiger partial charge in [0.2, 0.25) is 11.8 Å². The van der Waals surface area contributed by atoms with Gasteiger partial charge >= 0.3 is 0 Å². The molecule has 1 aliphatic heterocycles. The number of nitrogens with one attached hydrogen (secondary N) is 2. The van der Waals surface area contributed by atoms with Crippen molar-refractivity contribution >= 4 is 39.3 Å². The quantitative estimate of drug-likeness (QED) is 0.595. The van der Waals surface area contributed by atoms with E-state index in [0.717, 1.165) is 22.9 Å². The molecule has 1 heterocycles. The standard InChI is InChI=1S/C23H26BrClN2O3/c1-16(28)27-21(17-5-7-20(25)8-6-17)14-22(29)26-15-23(9-11-30-12-10-23)18-3-2-4-19(24)13-18/h2-8,13,21H,9-12,14-15H2,1H3,(H,26,29)(H,27,28). The summed E-state index contributed by atoms with van der Waals surface area (Å²) in [4.78, 5) is 24.5. The first-order chi connectivity index (χ1) is 14.4. The smallest absolute Gasteiger partial charge is 0.222 e. The number of carbonyl (C=O) groups is 2. The van der Waals surface area contributed by atoms with Crippen molar-refractivity contribution in [2.45, 2.75) is 37.6 Å². The molecule has 2 amide bonds. The molecule has 1 atom stereocenters. The van der Waals surface area contributed by atoms with Crippen molar-refractivity contribution < 1.29 is 14.3 Å². The van der Waals surface area contributed by atoms with Gasteiger partial charge < -0.3 is 15.4 Å². The van der Waals surface area contributed by atoms with Crippen LogP contribution >= 0.6 is 27.5 Å². The Bertz CT molecular complexity index is 882. The number of rotatable bonds is 7. The third-order valence-corrected chi connectivity index (χ3v) is 6.30. The maximum absolute atomic E-state index is 12.8. The largest absolute Gasteiger partial charge is 0.381 e. The molecule has 7 heteroatoms. The molecule has 3 rings (SSSR count).